The lowest BCUT2D eigenvalue weighted by molar-refractivity contribution is 0.105. The maximum absolute atomic E-state index is 12.6. The molecule has 0 spiro atoms. The molecule has 0 unspecified atom stereocenters. The summed E-state index contributed by atoms with van der Waals surface area (Å²) in [6.07, 6.45) is 3.34. The van der Waals surface area contributed by atoms with Gasteiger partial charge >= 0.3 is 0 Å². The average molecular weight is 327 g/mol. The van der Waals surface area contributed by atoms with E-state index >= 15 is 0 Å². The number of allylic oxidation sites excluding steroid dienone is 1. The number of thiophene rings is 1. The summed E-state index contributed by atoms with van der Waals surface area (Å²) < 4.78 is 0.588. The quantitative estimate of drug-likeness (QED) is 0.478. The van der Waals surface area contributed by atoms with Gasteiger partial charge in [0.15, 0.2) is 0 Å². The third kappa shape index (κ3) is 3.60. The van der Waals surface area contributed by atoms with Crippen molar-refractivity contribution in [2.45, 2.75) is 0 Å². The molecule has 2 heterocycles. The van der Waals surface area contributed by atoms with Crippen molar-refractivity contribution in [1.29, 1.82) is 0 Å². The van der Waals surface area contributed by atoms with Crippen LogP contribution in [0.3, 0.4) is 0 Å². The average Bonchev–Trinajstić information content (AvgIpc) is 2.81. The van der Waals surface area contributed by atoms with E-state index in [4.69, 9.17) is 23.2 Å². The first-order chi connectivity index (χ1) is 9.47. The van der Waals surface area contributed by atoms with Crippen LogP contribution in [0.25, 0.3) is 5.57 Å². The highest BCUT2D eigenvalue weighted by Crippen LogP contribution is 2.28. The molecule has 0 saturated carbocycles. The van der Waals surface area contributed by atoms with Gasteiger partial charge in [-0.05, 0) is 29.8 Å². The monoisotopic (exact) mass is 326 g/mol. The highest BCUT2D eigenvalue weighted by atomic mass is 35.5. The molecule has 3 nitrogen and oxygen atoms in total. The lowest BCUT2D eigenvalue weighted by Gasteiger charge is -2.11. The van der Waals surface area contributed by atoms with E-state index in [1.54, 1.807) is 36.7 Å². The van der Waals surface area contributed by atoms with Crippen molar-refractivity contribution in [2.24, 2.45) is 0 Å². The Balaban J connectivity index is 2.46. The molecular formula is C14H12Cl2N2OS. The molecule has 2 aromatic heterocycles. The topological polar surface area (TPSA) is 33.2 Å². The molecule has 0 amide bonds. The molecule has 0 aliphatic rings. The first kappa shape index (κ1) is 15.0. The van der Waals surface area contributed by atoms with Crippen LogP contribution in [0.1, 0.15) is 15.2 Å². The summed E-state index contributed by atoms with van der Waals surface area (Å²) in [5, 5.41) is 0.351. The van der Waals surface area contributed by atoms with Gasteiger partial charge in [-0.2, -0.15) is 0 Å². The molecule has 0 aliphatic carbocycles. The van der Waals surface area contributed by atoms with Gasteiger partial charge in [-0.1, -0.05) is 23.2 Å². The summed E-state index contributed by atoms with van der Waals surface area (Å²) >= 11 is 13.0. The van der Waals surface area contributed by atoms with Gasteiger partial charge in [-0.15, -0.1) is 11.3 Å². The van der Waals surface area contributed by atoms with E-state index < -0.39 is 0 Å². The zero-order valence-electron chi connectivity index (χ0n) is 10.9. The predicted octanol–water partition coefficient (Wildman–Crippen LogP) is 4.24. The largest absolute Gasteiger partial charge is 0.383 e. The number of rotatable bonds is 4. The zero-order chi connectivity index (χ0) is 14.7. The molecule has 2 rings (SSSR count). The Bertz CT molecular complexity index is 665. The van der Waals surface area contributed by atoms with Gasteiger partial charge < -0.3 is 4.90 Å². The van der Waals surface area contributed by atoms with E-state index in [9.17, 15) is 4.79 Å². The Morgan fingerprint density at radius 3 is 2.60 bits per heavy atom. The highest BCUT2D eigenvalue weighted by molar-refractivity contribution is 7.18. The van der Waals surface area contributed by atoms with Crippen molar-refractivity contribution in [1.82, 2.24) is 9.88 Å². The number of ketones is 1. The molecule has 2 aromatic rings. The second kappa shape index (κ2) is 6.39. The van der Waals surface area contributed by atoms with Gasteiger partial charge in [0, 0.05) is 32.1 Å². The maximum Gasteiger partial charge on any atom is 0.205 e. The summed E-state index contributed by atoms with van der Waals surface area (Å²) in [6, 6.07) is 6.87. The molecule has 0 bridgehead atoms. The van der Waals surface area contributed by atoms with Crippen molar-refractivity contribution < 1.29 is 4.79 Å². The van der Waals surface area contributed by atoms with Gasteiger partial charge in [0.1, 0.15) is 5.15 Å². The number of pyridine rings is 1. The number of hydrogen-bond donors (Lipinski definition) is 0. The molecule has 0 aliphatic heterocycles. The molecule has 0 aromatic carbocycles. The van der Waals surface area contributed by atoms with Crippen molar-refractivity contribution >= 4 is 45.9 Å². The van der Waals surface area contributed by atoms with Crippen molar-refractivity contribution in [2.75, 3.05) is 14.1 Å². The normalized spacial score (nSPS) is 11.5. The minimum absolute atomic E-state index is 0.0853. The van der Waals surface area contributed by atoms with E-state index in [2.05, 4.69) is 4.98 Å². The standard InChI is InChI=1S/C14H12Cl2N2OS/c1-18(2)8-10(9-5-6-17-12(15)7-9)14(19)11-3-4-13(16)20-11/h3-8H,1-2H3/b10-8+. The van der Waals surface area contributed by atoms with Crippen molar-refractivity contribution in [3.05, 3.63) is 56.6 Å². The fourth-order valence-corrected chi connectivity index (χ4v) is 2.83. The van der Waals surface area contributed by atoms with Gasteiger partial charge in [0.25, 0.3) is 0 Å². The molecule has 20 heavy (non-hydrogen) atoms. The lowest BCUT2D eigenvalue weighted by Crippen LogP contribution is -2.08. The zero-order valence-corrected chi connectivity index (χ0v) is 13.3. The number of halogens is 2. The van der Waals surface area contributed by atoms with E-state index in [1.807, 2.05) is 19.0 Å². The SMILES string of the molecule is CN(C)/C=C(/C(=O)c1ccc(Cl)s1)c1ccnc(Cl)c1. The second-order valence-corrected chi connectivity index (χ2v) is 6.41. The maximum atomic E-state index is 12.6. The first-order valence-electron chi connectivity index (χ1n) is 5.77. The Labute approximate surface area is 131 Å². The van der Waals surface area contributed by atoms with Crippen LogP contribution in [0.5, 0.6) is 0 Å². The van der Waals surface area contributed by atoms with Crippen molar-refractivity contribution in [3.63, 3.8) is 0 Å². The van der Waals surface area contributed by atoms with Gasteiger partial charge in [0.05, 0.1) is 9.21 Å². The van der Waals surface area contributed by atoms with Crippen LogP contribution in [0.4, 0.5) is 0 Å². The molecule has 0 atom stereocenters. The number of Topliss-reactive ketones (excluding diaryl/α,β-unsaturated/α-hetero) is 1. The van der Waals surface area contributed by atoms with Gasteiger partial charge in [-0.3, -0.25) is 4.79 Å². The lowest BCUT2D eigenvalue weighted by atomic mass is 10.0. The van der Waals surface area contributed by atoms with Gasteiger partial charge in [0.2, 0.25) is 5.78 Å². The van der Waals surface area contributed by atoms with E-state index in [0.29, 0.717) is 19.9 Å². The van der Waals surface area contributed by atoms with E-state index in [1.165, 1.54) is 11.3 Å². The van der Waals surface area contributed by atoms with E-state index in [0.717, 1.165) is 5.56 Å². The number of carbonyl (C=O) groups excluding carboxylic acids is 1. The predicted molar refractivity (Wildman–Crippen MR) is 84.6 cm³/mol. The molecule has 0 fully saturated rings. The third-order valence-corrected chi connectivity index (χ3v) is 3.90. The Morgan fingerprint density at radius 1 is 1.30 bits per heavy atom. The van der Waals surface area contributed by atoms with Gasteiger partial charge in [-0.25, -0.2) is 4.98 Å². The first-order valence-corrected chi connectivity index (χ1v) is 7.35. The molecule has 0 saturated heterocycles. The molecule has 6 heteroatoms. The number of nitrogens with zero attached hydrogens (tertiary/aromatic N) is 2. The minimum atomic E-state index is -0.0853. The molecule has 0 radical (unpaired) electrons. The second-order valence-electron chi connectivity index (χ2n) is 4.31. The van der Waals surface area contributed by atoms with Crippen LogP contribution in [0.2, 0.25) is 9.49 Å². The summed E-state index contributed by atoms with van der Waals surface area (Å²) in [7, 11) is 3.72. The highest BCUT2D eigenvalue weighted by Gasteiger charge is 2.17. The Morgan fingerprint density at radius 2 is 2.05 bits per heavy atom. The van der Waals surface area contributed by atoms with Crippen LogP contribution < -0.4 is 0 Å². The van der Waals surface area contributed by atoms with E-state index in [-0.39, 0.29) is 5.78 Å². The summed E-state index contributed by atoms with van der Waals surface area (Å²) in [5.41, 5.74) is 1.28. The number of hydrogen-bond acceptors (Lipinski definition) is 4. The third-order valence-electron chi connectivity index (χ3n) is 2.47. The van der Waals surface area contributed by atoms with Crippen LogP contribution in [-0.4, -0.2) is 29.8 Å². The molecule has 104 valence electrons. The minimum Gasteiger partial charge on any atom is -0.383 e. The Kier molecular flexibility index (Phi) is 4.81. The summed E-state index contributed by atoms with van der Waals surface area (Å²) in [6.45, 7) is 0. The molecule has 0 N–H and O–H groups in total. The summed E-state index contributed by atoms with van der Waals surface area (Å²) in [5.74, 6) is -0.0853. The number of aromatic nitrogens is 1. The van der Waals surface area contributed by atoms with Crippen LogP contribution in [0, 0.1) is 0 Å². The number of carbonyl (C=O) groups is 1. The van der Waals surface area contributed by atoms with Crippen LogP contribution in [0.15, 0.2) is 36.7 Å². The summed E-state index contributed by atoms with van der Waals surface area (Å²) in [4.78, 5) is 18.9. The fourth-order valence-electron chi connectivity index (χ4n) is 1.66. The Hall–Kier alpha value is -1.36. The van der Waals surface area contributed by atoms with Crippen LogP contribution >= 0.6 is 34.5 Å². The molecular weight excluding hydrogens is 315 g/mol. The van der Waals surface area contributed by atoms with Crippen LogP contribution in [-0.2, 0) is 0 Å². The fraction of sp³-hybridized carbons (Fsp3) is 0.143. The van der Waals surface area contributed by atoms with Crippen molar-refractivity contribution in [3.8, 4) is 0 Å². The smallest absolute Gasteiger partial charge is 0.205 e.